The van der Waals surface area contributed by atoms with Gasteiger partial charge in [0.05, 0.1) is 12.5 Å². The van der Waals surface area contributed by atoms with E-state index in [1.165, 1.54) is 16.9 Å². The second-order valence-corrected chi connectivity index (χ2v) is 13.1. The van der Waals surface area contributed by atoms with E-state index in [2.05, 4.69) is 43.4 Å². The van der Waals surface area contributed by atoms with Crippen molar-refractivity contribution < 1.29 is 33.8 Å². The van der Waals surface area contributed by atoms with Gasteiger partial charge in [0.2, 0.25) is 11.8 Å². The number of rotatable bonds is 15. The van der Waals surface area contributed by atoms with Crippen molar-refractivity contribution in [2.75, 3.05) is 27.7 Å². The molecule has 10 heteroatoms. The number of ether oxygens (including phenoxy) is 2. The van der Waals surface area contributed by atoms with Crippen LogP contribution in [0, 0.1) is 17.8 Å². The average molecular weight is 638 g/mol. The third kappa shape index (κ3) is 8.26. The third-order valence-electron chi connectivity index (χ3n) is 9.08. The summed E-state index contributed by atoms with van der Waals surface area (Å²) in [6.45, 7) is 11.5. The molecule has 252 valence electrons. The van der Waals surface area contributed by atoms with Crippen LogP contribution >= 0.6 is 0 Å². The van der Waals surface area contributed by atoms with Crippen LogP contribution in [-0.2, 0) is 23.9 Å². The predicted octanol–water partition coefficient (Wildman–Crippen LogP) is 5.40. The largest absolute Gasteiger partial charge is 0.481 e. The first-order valence-electron chi connectivity index (χ1n) is 16.1. The maximum atomic E-state index is 13.9. The van der Waals surface area contributed by atoms with Gasteiger partial charge in [-0.25, -0.2) is 4.79 Å². The van der Waals surface area contributed by atoms with Gasteiger partial charge < -0.3 is 24.8 Å². The van der Waals surface area contributed by atoms with E-state index in [0.717, 1.165) is 28.7 Å². The second kappa shape index (κ2) is 16.1. The van der Waals surface area contributed by atoms with E-state index >= 15 is 0 Å². The van der Waals surface area contributed by atoms with Gasteiger partial charge in [0.1, 0.15) is 18.2 Å². The molecule has 0 radical (unpaired) electrons. The maximum Gasteiger partial charge on any atom is 0.410 e. The first-order valence-corrected chi connectivity index (χ1v) is 16.1. The number of likely N-dealkylation sites (N-methyl/N-ethyl adjacent to an activating group) is 2. The number of carboxylic acids is 1. The highest BCUT2D eigenvalue weighted by Crippen LogP contribution is 2.48. The molecule has 1 unspecified atom stereocenters. The van der Waals surface area contributed by atoms with Gasteiger partial charge in [-0.15, -0.1) is 0 Å². The molecule has 5 atom stereocenters. The van der Waals surface area contributed by atoms with E-state index in [-0.39, 0.29) is 42.5 Å². The zero-order valence-electron chi connectivity index (χ0n) is 28.7. The van der Waals surface area contributed by atoms with Crippen molar-refractivity contribution in [2.45, 2.75) is 84.6 Å². The molecule has 0 aliphatic heterocycles. The van der Waals surface area contributed by atoms with Crippen LogP contribution < -0.4 is 5.32 Å². The first-order chi connectivity index (χ1) is 21.7. The van der Waals surface area contributed by atoms with E-state index in [1.54, 1.807) is 14.1 Å². The number of carbonyl (C=O) groups is 4. The number of methoxy groups -OCH3 is 1. The molecule has 0 saturated carbocycles. The summed E-state index contributed by atoms with van der Waals surface area (Å²) in [5.41, 5.74) is 4.50. The molecule has 0 spiro atoms. The average Bonchev–Trinajstić information content (AvgIpc) is 3.34. The van der Waals surface area contributed by atoms with E-state index < -0.39 is 42.3 Å². The van der Waals surface area contributed by atoms with Crippen molar-refractivity contribution in [3.63, 3.8) is 0 Å². The normalized spacial score (nSPS) is 15.7. The van der Waals surface area contributed by atoms with Gasteiger partial charge >= 0.3 is 12.1 Å². The van der Waals surface area contributed by atoms with Crippen LogP contribution in [0.25, 0.3) is 11.1 Å². The Hall–Kier alpha value is -3.92. The van der Waals surface area contributed by atoms with Gasteiger partial charge in [-0.3, -0.25) is 19.3 Å². The molecule has 10 nitrogen and oxygen atoms in total. The predicted molar refractivity (Wildman–Crippen MR) is 177 cm³/mol. The number of hydrogen-bond acceptors (Lipinski definition) is 6. The third-order valence-corrected chi connectivity index (χ3v) is 9.08. The maximum absolute atomic E-state index is 13.9. The zero-order chi connectivity index (χ0) is 34.3. The Morgan fingerprint density at radius 3 is 1.89 bits per heavy atom. The van der Waals surface area contributed by atoms with Crippen molar-refractivity contribution in [1.82, 2.24) is 15.1 Å². The summed E-state index contributed by atoms with van der Waals surface area (Å²) >= 11 is 0. The molecular formula is C36H51N3O7. The minimum absolute atomic E-state index is 0.0309. The van der Waals surface area contributed by atoms with Gasteiger partial charge in [-0.2, -0.15) is 0 Å². The molecule has 1 aliphatic rings. The molecular weight excluding hydrogens is 586 g/mol. The lowest BCUT2D eigenvalue weighted by atomic mass is 9.83. The lowest BCUT2D eigenvalue weighted by molar-refractivity contribution is -0.143. The van der Waals surface area contributed by atoms with E-state index in [9.17, 15) is 19.2 Å². The topological polar surface area (TPSA) is 125 Å². The van der Waals surface area contributed by atoms with Crippen LogP contribution in [0.5, 0.6) is 0 Å². The molecule has 2 aromatic carbocycles. The Kier molecular flexibility index (Phi) is 12.8. The van der Waals surface area contributed by atoms with Gasteiger partial charge in [-0.1, -0.05) is 96.5 Å². The Morgan fingerprint density at radius 1 is 0.891 bits per heavy atom. The van der Waals surface area contributed by atoms with Crippen LogP contribution in [0.1, 0.15) is 71.4 Å². The summed E-state index contributed by atoms with van der Waals surface area (Å²) < 4.78 is 11.6. The highest BCUT2D eigenvalue weighted by atomic mass is 16.6. The van der Waals surface area contributed by atoms with E-state index in [4.69, 9.17) is 14.6 Å². The van der Waals surface area contributed by atoms with Crippen molar-refractivity contribution in [2.24, 2.45) is 17.8 Å². The van der Waals surface area contributed by atoms with Crippen LogP contribution in [0.3, 0.4) is 0 Å². The molecule has 0 bridgehead atoms. The quantitative estimate of drug-likeness (QED) is 0.268. The summed E-state index contributed by atoms with van der Waals surface area (Å²) in [6.07, 6.45) is -1.25. The minimum atomic E-state index is -1.03. The fraction of sp³-hybridized carbons (Fsp3) is 0.556. The monoisotopic (exact) mass is 637 g/mol. The molecule has 2 N–H and O–H groups in total. The molecule has 46 heavy (non-hydrogen) atoms. The molecule has 3 rings (SSSR count). The van der Waals surface area contributed by atoms with Crippen molar-refractivity contribution in [3.8, 4) is 11.1 Å². The molecule has 0 saturated heterocycles. The summed E-state index contributed by atoms with van der Waals surface area (Å²) in [5.74, 6) is -2.57. The zero-order valence-corrected chi connectivity index (χ0v) is 28.7. The molecule has 0 fully saturated rings. The van der Waals surface area contributed by atoms with Gasteiger partial charge in [0.15, 0.2) is 0 Å². The number of nitrogens with zero attached hydrogens (tertiary/aromatic N) is 2. The van der Waals surface area contributed by atoms with Crippen LogP contribution in [0.2, 0.25) is 0 Å². The van der Waals surface area contributed by atoms with E-state index in [0.29, 0.717) is 0 Å². The van der Waals surface area contributed by atoms with Gasteiger partial charge in [0, 0.05) is 33.7 Å². The van der Waals surface area contributed by atoms with Crippen molar-refractivity contribution >= 4 is 23.9 Å². The fourth-order valence-corrected chi connectivity index (χ4v) is 6.33. The number of hydrogen-bond donors (Lipinski definition) is 2. The Labute approximate surface area is 273 Å². The van der Waals surface area contributed by atoms with Crippen LogP contribution in [0.4, 0.5) is 4.79 Å². The number of nitrogens with one attached hydrogen (secondary N) is 1. The summed E-state index contributed by atoms with van der Waals surface area (Å²) in [7, 11) is 4.51. The lowest BCUT2D eigenvalue weighted by Crippen LogP contribution is -2.58. The number of amides is 3. The number of fused-ring (bicyclic) bond motifs is 3. The summed E-state index contributed by atoms with van der Waals surface area (Å²) in [6, 6.07) is 14.6. The first kappa shape index (κ1) is 36.5. The van der Waals surface area contributed by atoms with Crippen LogP contribution in [0.15, 0.2) is 48.5 Å². The highest BCUT2D eigenvalue weighted by molar-refractivity contribution is 5.91. The Balaban J connectivity index is 1.83. The van der Waals surface area contributed by atoms with Gasteiger partial charge in [-0.05, 0) is 40.0 Å². The van der Waals surface area contributed by atoms with E-state index in [1.807, 2.05) is 52.0 Å². The van der Waals surface area contributed by atoms with Gasteiger partial charge in [0.25, 0.3) is 0 Å². The molecule has 0 aromatic heterocycles. The molecule has 0 heterocycles. The highest BCUT2D eigenvalue weighted by Gasteiger charge is 2.41. The smallest absolute Gasteiger partial charge is 0.410 e. The second-order valence-electron chi connectivity index (χ2n) is 13.1. The Bertz CT molecular complexity index is 1330. The number of benzene rings is 2. The number of carboxylic acid groups (broad SMARTS) is 1. The SMILES string of the molecule is CC[C@H](C)C(OC(=O)N(C)[C@H](C(=O)N[C@H](C(=O)N(C)C[C@@H](CC(=O)O)OC)C(C)C)C(C)C)C1c2ccccc2-c2ccccc21. The molecule has 3 amide bonds. The molecule has 2 aromatic rings. The van der Waals surface area contributed by atoms with Crippen LogP contribution in [-0.4, -0.2) is 90.8 Å². The minimum Gasteiger partial charge on any atom is -0.481 e. The summed E-state index contributed by atoms with van der Waals surface area (Å²) in [4.78, 5) is 55.1. The van der Waals surface area contributed by atoms with Crippen molar-refractivity contribution in [1.29, 1.82) is 0 Å². The number of carbonyl (C=O) groups excluding carboxylic acids is 3. The standard InChI is InChI=1S/C36H51N3O7/c1-10-23(6)33(30-27-17-13-11-15-25(27)26-16-12-14-18-28(26)30)46-36(44)39(8)32(22(4)5)34(42)37-31(21(2)3)35(43)38(7)20-24(45-9)19-29(40)41/h11-18,21-24,30-33H,10,19-20H2,1-9H3,(H,37,42)(H,40,41)/t23-,24+,31-,32-,33?/m0/s1. The fourth-order valence-electron chi connectivity index (χ4n) is 6.33. The lowest BCUT2D eigenvalue weighted by Gasteiger charge is -2.36. The van der Waals surface area contributed by atoms with Crippen molar-refractivity contribution in [3.05, 3.63) is 59.7 Å². The molecule has 1 aliphatic carbocycles. The number of aliphatic carboxylic acids is 1. The Morgan fingerprint density at radius 2 is 1.43 bits per heavy atom. The summed E-state index contributed by atoms with van der Waals surface area (Å²) in [5, 5.41) is 12.0.